The van der Waals surface area contributed by atoms with Gasteiger partial charge in [-0.15, -0.1) is 0 Å². The fourth-order valence-electron chi connectivity index (χ4n) is 1.53. The molecule has 0 radical (unpaired) electrons. The van der Waals surface area contributed by atoms with E-state index in [1.807, 2.05) is 37.3 Å². The molecule has 1 unspecified atom stereocenters. The summed E-state index contributed by atoms with van der Waals surface area (Å²) in [6, 6.07) is 9.64. The predicted molar refractivity (Wildman–Crippen MR) is 59.2 cm³/mol. The zero-order chi connectivity index (χ0) is 11.3. The van der Waals surface area contributed by atoms with Gasteiger partial charge in [-0.2, -0.15) is 0 Å². The Morgan fingerprint density at radius 3 is 2.47 bits per heavy atom. The van der Waals surface area contributed by atoms with Gasteiger partial charge in [0, 0.05) is 0 Å². The van der Waals surface area contributed by atoms with Gasteiger partial charge < -0.3 is 10.5 Å². The van der Waals surface area contributed by atoms with E-state index >= 15 is 0 Å². The average Bonchev–Trinajstić information content (AvgIpc) is 2.30. The quantitative estimate of drug-likeness (QED) is 0.766. The van der Waals surface area contributed by atoms with Crippen LogP contribution in [0.2, 0.25) is 0 Å². The van der Waals surface area contributed by atoms with Crippen LogP contribution in [0.4, 0.5) is 0 Å². The van der Waals surface area contributed by atoms with Gasteiger partial charge in [-0.25, -0.2) is 0 Å². The van der Waals surface area contributed by atoms with Gasteiger partial charge in [0.1, 0.15) is 0 Å². The molecule has 1 aromatic carbocycles. The lowest BCUT2D eigenvalue weighted by molar-refractivity contribution is -0.142. The molecule has 0 aliphatic carbocycles. The van der Waals surface area contributed by atoms with Crippen molar-refractivity contribution in [2.75, 3.05) is 7.11 Å². The Bertz CT molecular complexity index is 324. The molecule has 0 aliphatic rings. The minimum Gasteiger partial charge on any atom is -0.469 e. The highest BCUT2D eigenvalue weighted by Gasteiger charge is 2.28. The summed E-state index contributed by atoms with van der Waals surface area (Å²) in [4.78, 5) is 11.3. The Labute approximate surface area is 90.2 Å². The summed E-state index contributed by atoms with van der Waals surface area (Å²) in [5, 5.41) is 0. The van der Waals surface area contributed by atoms with Crippen molar-refractivity contribution in [1.82, 2.24) is 0 Å². The summed E-state index contributed by atoms with van der Waals surface area (Å²) in [7, 11) is 1.38. The Morgan fingerprint density at radius 1 is 1.40 bits per heavy atom. The largest absolute Gasteiger partial charge is 0.469 e. The monoisotopic (exact) mass is 207 g/mol. The Hall–Kier alpha value is -1.35. The van der Waals surface area contributed by atoms with Crippen molar-refractivity contribution in [3.05, 3.63) is 35.9 Å². The minimum absolute atomic E-state index is 0.212. The Kier molecular flexibility index (Phi) is 3.86. The molecule has 1 atom stereocenters. The van der Waals surface area contributed by atoms with Crippen molar-refractivity contribution in [3.8, 4) is 0 Å². The van der Waals surface area contributed by atoms with Crippen molar-refractivity contribution in [2.24, 2.45) is 5.73 Å². The highest BCUT2D eigenvalue weighted by molar-refractivity contribution is 5.71. The number of nitrogens with two attached hydrogens (primary N) is 1. The SMILES string of the molecule is CCC(N)(CC(=O)OC)c1ccccc1. The van der Waals surface area contributed by atoms with E-state index in [0.29, 0.717) is 6.42 Å². The molecule has 0 aromatic heterocycles. The first-order valence-electron chi connectivity index (χ1n) is 5.03. The number of carbonyl (C=O) groups excluding carboxylic acids is 1. The zero-order valence-corrected chi connectivity index (χ0v) is 9.19. The van der Waals surface area contributed by atoms with E-state index in [4.69, 9.17) is 5.73 Å². The maximum absolute atomic E-state index is 11.3. The van der Waals surface area contributed by atoms with Crippen molar-refractivity contribution < 1.29 is 9.53 Å². The first-order chi connectivity index (χ1) is 7.12. The second kappa shape index (κ2) is 4.94. The van der Waals surface area contributed by atoms with Crippen molar-refractivity contribution in [1.29, 1.82) is 0 Å². The summed E-state index contributed by atoms with van der Waals surface area (Å²) < 4.78 is 4.65. The molecule has 1 aromatic rings. The average molecular weight is 207 g/mol. The van der Waals surface area contributed by atoms with Gasteiger partial charge in [0.05, 0.1) is 19.1 Å². The maximum atomic E-state index is 11.3. The zero-order valence-electron chi connectivity index (χ0n) is 9.19. The molecule has 0 fully saturated rings. The molecule has 0 bridgehead atoms. The lowest BCUT2D eigenvalue weighted by Gasteiger charge is -2.27. The summed E-state index contributed by atoms with van der Waals surface area (Å²) in [5.41, 5.74) is 6.55. The standard InChI is InChI=1S/C12H17NO2/c1-3-12(13,9-11(14)15-2)10-7-5-4-6-8-10/h4-8H,3,9,13H2,1-2H3. The molecule has 0 saturated carbocycles. The van der Waals surface area contributed by atoms with Crippen LogP contribution in [0.1, 0.15) is 25.3 Å². The number of benzene rings is 1. The number of carbonyl (C=O) groups is 1. The van der Waals surface area contributed by atoms with Crippen molar-refractivity contribution >= 4 is 5.97 Å². The predicted octanol–water partition coefficient (Wildman–Crippen LogP) is 1.81. The van der Waals surface area contributed by atoms with E-state index in [0.717, 1.165) is 5.56 Å². The maximum Gasteiger partial charge on any atom is 0.307 e. The summed E-state index contributed by atoms with van der Waals surface area (Å²) in [6.07, 6.45) is 0.913. The molecule has 0 amide bonds. The fraction of sp³-hybridized carbons (Fsp3) is 0.417. The van der Waals surface area contributed by atoms with Crippen LogP contribution in [0.5, 0.6) is 0 Å². The highest BCUT2D eigenvalue weighted by atomic mass is 16.5. The van der Waals surface area contributed by atoms with Crippen LogP contribution in [0, 0.1) is 0 Å². The van der Waals surface area contributed by atoms with Gasteiger partial charge in [-0.3, -0.25) is 4.79 Å². The van der Waals surface area contributed by atoms with Crippen LogP contribution in [0.15, 0.2) is 30.3 Å². The van der Waals surface area contributed by atoms with Crippen LogP contribution in [-0.2, 0) is 15.1 Å². The topological polar surface area (TPSA) is 52.3 Å². The Morgan fingerprint density at radius 2 is 2.00 bits per heavy atom. The van der Waals surface area contributed by atoms with Gasteiger partial charge in [0.25, 0.3) is 0 Å². The van der Waals surface area contributed by atoms with E-state index in [1.165, 1.54) is 7.11 Å². The number of hydrogen-bond donors (Lipinski definition) is 1. The molecule has 1 rings (SSSR count). The highest BCUT2D eigenvalue weighted by Crippen LogP contribution is 2.25. The molecule has 82 valence electrons. The van der Waals surface area contributed by atoms with Crippen molar-refractivity contribution in [2.45, 2.75) is 25.3 Å². The fourth-order valence-corrected chi connectivity index (χ4v) is 1.53. The lowest BCUT2D eigenvalue weighted by Crippen LogP contribution is -2.38. The number of methoxy groups -OCH3 is 1. The molecule has 15 heavy (non-hydrogen) atoms. The van der Waals surface area contributed by atoms with Crippen LogP contribution < -0.4 is 5.73 Å². The second-order valence-electron chi connectivity index (χ2n) is 3.63. The molecule has 2 N–H and O–H groups in total. The number of hydrogen-bond acceptors (Lipinski definition) is 3. The summed E-state index contributed by atoms with van der Waals surface area (Å²) in [5.74, 6) is -0.275. The lowest BCUT2D eigenvalue weighted by atomic mass is 9.85. The number of rotatable bonds is 4. The Balaban J connectivity index is 2.90. The van der Waals surface area contributed by atoms with Crippen LogP contribution in [0.25, 0.3) is 0 Å². The third-order valence-corrected chi connectivity index (χ3v) is 2.67. The summed E-state index contributed by atoms with van der Waals surface area (Å²) >= 11 is 0. The van der Waals surface area contributed by atoms with Crippen LogP contribution in [-0.4, -0.2) is 13.1 Å². The van der Waals surface area contributed by atoms with Gasteiger partial charge in [0.2, 0.25) is 0 Å². The van der Waals surface area contributed by atoms with Crippen LogP contribution >= 0.6 is 0 Å². The van der Waals surface area contributed by atoms with E-state index in [1.54, 1.807) is 0 Å². The van der Waals surface area contributed by atoms with Gasteiger partial charge in [-0.1, -0.05) is 37.3 Å². The molecular weight excluding hydrogens is 190 g/mol. The molecule has 3 heteroatoms. The number of esters is 1. The number of ether oxygens (including phenoxy) is 1. The molecule has 3 nitrogen and oxygen atoms in total. The van der Waals surface area contributed by atoms with Crippen molar-refractivity contribution in [3.63, 3.8) is 0 Å². The first-order valence-corrected chi connectivity index (χ1v) is 5.03. The van der Waals surface area contributed by atoms with Gasteiger partial charge in [-0.05, 0) is 12.0 Å². The van der Waals surface area contributed by atoms with Crippen LogP contribution in [0.3, 0.4) is 0 Å². The normalized spacial score (nSPS) is 14.3. The van der Waals surface area contributed by atoms with E-state index in [-0.39, 0.29) is 12.4 Å². The van der Waals surface area contributed by atoms with Gasteiger partial charge in [0.15, 0.2) is 0 Å². The first kappa shape index (κ1) is 11.7. The van der Waals surface area contributed by atoms with E-state index in [9.17, 15) is 4.79 Å². The molecule has 0 saturated heterocycles. The van der Waals surface area contributed by atoms with E-state index in [2.05, 4.69) is 4.74 Å². The third-order valence-electron chi connectivity index (χ3n) is 2.67. The van der Waals surface area contributed by atoms with Gasteiger partial charge >= 0.3 is 5.97 Å². The summed E-state index contributed by atoms with van der Waals surface area (Å²) in [6.45, 7) is 1.97. The molecule has 0 aliphatic heterocycles. The molecular formula is C12H17NO2. The minimum atomic E-state index is -0.617. The smallest absolute Gasteiger partial charge is 0.307 e. The van der Waals surface area contributed by atoms with E-state index < -0.39 is 5.54 Å². The molecule has 0 heterocycles. The third kappa shape index (κ3) is 2.80. The molecule has 0 spiro atoms. The second-order valence-corrected chi connectivity index (χ2v) is 3.63.